The van der Waals surface area contributed by atoms with E-state index in [1.165, 1.54) is 0 Å². The predicted octanol–water partition coefficient (Wildman–Crippen LogP) is 2.09. The summed E-state index contributed by atoms with van der Waals surface area (Å²) in [5, 5.41) is 9.32. The molecule has 0 N–H and O–H groups in total. The van der Waals surface area contributed by atoms with Crippen LogP contribution in [0.2, 0.25) is 0 Å². The molecule has 0 aliphatic rings. The lowest BCUT2D eigenvalue weighted by Gasteiger charge is -2.30. The molecule has 1 atom stereocenters. The monoisotopic (exact) mass is 248 g/mol. The number of benzene rings is 1. The highest BCUT2D eigenvalue weighted by molar-refractivity contribution is 5.42. The van der Waals surface area contributed by atoms with Crippen molar-refractivity contribution in [2.24, 2.45) is 0 Å². The van der Waals surface area contributed by atoms with Crippen LogP contribution in [0.25, 0.3) is 0 Å². The second-order valence-corrected chi connectivity index (χ2v) is 4.63. The zero-order valence-corrected chi connectivity index (χ0v) is 11.7. The lowest BCUT2D eigenvalue weighted by molar-refractivity contribution is 0.234. The zero-order chi connectivity index (χ0) is 13.8. The molecule has 0 aliphatic carbocycles. The summed E-state index contributed by atoms with van der Waals surface area (Å²) in [6, 6.07) is 8.00. The summed E-state index contributed by atoms with van der Waals surface area (Å²) in [5.74, 6) is 1.50. The van der Waals surface area contributed by atoms with Gasteiger partial charge in [0.1, 0.15) is 17.0 Å². The van der Waals surface area contributed by atoms with Gasteiger partial charge in [0.15, 0.2) is 0 Å². The first kappa shape index (κ1) is 14.3. The van der Waals surface area contributed by atoms with Crippen LogP contribution in [-0.2, 0) is 6.42 Å². The van der Waals surface area contributed by atoms with Gasteiger partial charge in [-0.3, -0.25) is 4.90 Å². The van der Waals surface area contributed by atoms with Crippen LogP contribution in [0.4, 0.5) is 0 Å². The Labute approximate surface area is 109 Å². The smallest absolute Gasteiger partial charge is 0.125 e. The molecule has 1 aromatic carbocycles. The lowest BCUT2D eigenvalue weighted by Crippen LogP contribution is -2.41. The average molecular weight is 248 g/mol. The van der Waals surface area contributed by atoms with Gasteiger partial charge in [-0.15, -0.1) is 0 Å². The molecule has 1 aromatic rings. The molecule has 0 amide bonds. The van der Waals surface area contributed by atoms with Gasteiger partial charge in [0.05, 0.1) is 20.3 Å². The molecule has 0 aromatic heterocycles. The maximum Gasteiger partial charge on any atom is 0.125 e. The van der Waals surface area contributed by atoms with Crippen LogP contribution in [-0.4, -0.2) is 38.8 Å². The van der Waals surface area contributed by atoms with E-state index >= 15 is 0 Å². The molecule has 1 unspecified atom stereocenters. The summed E-state index contributed by atoms with van der Waals surface area (Å²) in [4.78, 5) is 1.91. The molecule has 98 valence electrons. The van der Waals surface area contributed by atoms with Crippen LogP contribution in [0.5, 0.6) is 11.5 Å². The maximum absolute atomic E-state index is 9.32. The molecular formula is C14H20N2O2. The maximum atomic E-state index is 9.32. The number of nitriles is 1. The molecule has 0 spiro atoms. The first-order valence-electron chi connectivity index (χ1n) is 5.76. The standard InChI is InChI=1S/C14H20N2O2/c1-14(10-15,16(2)3)9-11-6-7-12(17-4)8-13(11)18-5/h6-8H,9H2,1-5H3. The van der Waals surface area contributed by atoms with Gasteiger partial charge in [0, 0.05) is 12.5 Å². The van der Waals surface area contributed by atoms with Crippen molar-refractivity contribution in [3.63, 3.8) is 0 Å². The molecular weight excluding hydrogens is 228 g/mol. The Kier molecular flexibility index (Phi) is 4.57. The van der Waals surface area contributed by atoms with Gasteiger partial charge in [-0.1, -0.05) is 6.07 Å². The highest BCUT2D eigenvalue weighted by Gasteiger charge is 2.28. The van der Waals surface area contributed by atoms with Crippen molar-refractivity contribution in [2.75, 3.05) is 28.3 Å². The predicted molar refractivity (Wildman–Crippen MR) is 71.0 cm³/mol. The number of ether oxygens (including phenoxy) is 2. The summed E-state index contributed by atoms with van der Waals surface area (Å²) in [6.45, 7) is 1.91. The molecule has 0 radical (unpaired) electrons. The Balaban J connectivity index is 3.08. The fraction of sp³-hybridized carbons (Fsp3) is 0.500. The van der Waals surface area contributed by atoms with Gasteiger partial charge >= 0.3 is 0 Å². The molecule has 0 bridgehead atoms. The van der Waals surface area contributed by atoms with Crippen molar-refractivity contribution >= 4 is 0 Å². The minimum absolute atomic E-state index is 0.554. The minimum Gasteiger partial charge on any atom is -0.497 e. The van der Waals surface area contributed by atoms with Gasteiger partial charge in [-0.05, 0) is 32.6 Å². The SMILES string of the molecule is COc1ccc(CC(C)(C#N)N(C)C)c(OC)c1. The van der Waals surface area contributed by atoms with Crippen LogP contribution < -0.4 is 9.47 Å². The summed E-state index contributed by atoms with van der Waals surface area (Å²) < 4.78 is 10.5. The summed E-state index contributed by atoms with van der Waals surface area (Å²) in [7, 11) is 7.05. The van der Waals surface area contributed by atoms with Crippen molar-refractivity contribution < 1.29 is 9.47 Å². The van der Waals surface area contributed by atoms with Crippen LogP contribution in [0.1, 0.15) is 12.5 Å². The third-order valence-corrected chi connectivity index (χ3v) is 3.26. The molecule has 0 saturated carbocycles. The first-order chi connectivity index (χ1) is 8.46. The average Bonchev–Trinajstić information content (AvgIpc) is 2.38. The van der Waals surface area contributed by atoms with Crippen molar-refractivity contribution in [1.82, 2.24) is 4.90 Å². The number of hydrogen-bond acceptors (Lipinski definition) is 4. The van der Waals surface area contributed by atoms with Crippen molar-refractivity contribution in [3.8, 4) is 17.6 Å². The number of methoxy groups -OCH3 is 2. The minimum atomic E-state index is -0.554. The number of nitrogens with zero attached hydrogens (tertiary/aromatic N) is 2. The summed E-state index contributed by atoms with van der Waals surface area (Å²) >= 11 is 0. The molecule has 0 saturated heterocycles. The van der Waals surface area contributed by atoms with E-state index in [9.17, 15) is 5.26 Å². The highest BCUT2D eigenvalue weighted by Crippen LogP contribution is 2.28. The Morgan fingerprint density at radius 2 is 1.94 bits per heavy atom. The molecule has 18 heavy (non-hydrogen) atoms. The second kappa shape index (κ2) is 5.74. The van der Waals surface area contributed by atoms with Crippen LogP contribution in [0.15, 0.2) is 18.2 Å². The van der Waals surface area contributed by atoms with E-state index in [2.05, 4.69) is 6.07 Å². The third kappa shape index (κ3) is 2.93. The van der Waals surface area contributed by atoms with Crippen LogP contribution in [0, 0.1) is 11.3 Å². The summed E-state index contributed by atoms with van der Waals surface area (Å²) in [6.07, 6.45) is 0.601. The third-order valence-electron chi connectivity index (χ3n) is 3.26. The number of hydrogen-bond donors (Lipinski definition) is 0. The van der Waals surface area contributed by atoms with Crippen molar-refractivity contribution in [1.29, 1.82) is 5.26 Å². The van der Waals surface area contributed by atoms with Gasteiger partial charge in [0.25, 0.3) is 0 Å². The Hall–Kier alpha value is -1.73. The molecule has 1 rings (SSSR count). The van der Waals surface area contributed by atoms with E-state index in [4.69, 9.17) is 9.47 Å². The molecule has 0 fully saturated rings. The molecule has 0 aliphatic heterocycles. The van der Waals surface area contributed by atoms with E-state index in [1.54, 1.807) is 14.2 Å². The van der Waals surface area contributed by atoms with Crippen molar-refractivity contribution in [3.05, 3.63) is 23.8 Å². The van der Waals surface area contributed by atoms with Gasteiger partial charge < -0.3 is 9.47 Å². The Morgan fingerprint density at radius 1 is 1.28 bits per heavy atom. The molecule has 4 heteroatoms. The quantitative estimate of drug-likeness (QED) is 0.800. The molecule has 4 nitrogen and oxygen atoms in total. The highest BCUT2D eigenvalue weighted by atomic mass is 16.5. The lowest BCUT2D eigenvalue weighted by atomic mass is 9.92. The normalized spacial score (nSPS) is 13.8. The van der Waals surface area contributed by atoms with Crippen LogP contribution in [0.3, 0.4) is 0 Å². The topological polar surface area (TPSA) is 45.5 Å². The van der Waals surface area contributed by atoms with Crippen LogP contribution >= 0.6 is 0 Å². The fourth-order valence-corrected chi connectivity index (χ4v) is 1.67. The van der Waals surface area contributed by atoms with E-state index in [0.29, 0.717) is 6.42 Å². The number of rotatable bonds is 5. The Bertz CT molecular complexity index is 452. The van der Waals surface area contributed by atoms with Gasteiger partial charge in [-0.2, -0.15) is 5.26 Å². The van der Waals surface area contributed by atoms with Gasteiger partial charge in [0.2, 0.25) is 0 Å². The van der Waals surface area contributed by atoms with E-state index in [1.807, 2.05) is 44.1 Å². The largest absolute Gasteiger partial charge is 0.497 e. The van der Waals surface area contributed by atoms with Gasteiger partial charge in [-0.25, -0.2) is 0 Å². The first-order valence-corrected chi connectivity index (χ1v) is 5.76. The van der Waals surface area contributed by atoms with E-state index in [0.717, 1.165) is 17.1 Å². The zero-order valence-electron chi connectivity index (χ0n) is 11.7. The van der Waals surface area contributed by atoms with E-state index in [-0.39, 0.29) is 0 Å². The number of likely N-dealkylation sites (N-methyl/N-ethyl adjacent to an activating group) is 1. The van der Waals surface area contributed by atoms with Crippen molar-refractivity contribution in [2.45, 2.75) is 18.9 Å². The summed E-state index contributed by atoms with van der Waals surface area (Å²) in [5.41, 5.74) is 0.443. The fourth-order valence-electron chi connectivity index (χ4n) is 1.67. The second-order valence-electron chi connectivity index (χ2n) is 4.63. The molecule has 0 heterocycles. The Morgan fingerprint density at radius 3 is 2.39 bits per heavy atom. The van der Waals surface area contributed by atoms with E-state index < -0.39 is 5.54 Å².